The van der Waals surface area contributed by atoms with E-state index in [1.807, 2.05) is 54.6 Å². The van der Waals surface area contributed by atoms with Gasteiger partial charge < -0.3 is 4.74 Å². The molecule has 3 rings (SSSR count). The number of rotatable bonds is 5. The molecule has 1 heterocycles. The van der Waals surface area contributed by atoms with Gasteiger partial charge in [0, 0.05) is 15.8 Å². The highest BCUT2D eigenvalue weighted by molar-refractivity contribution is 9.10. The molecule has 0 bridgehead atoms. The number of carbonyl (C=O) groups excluding carboxylic acids is 1. The Hall–Kier alpha value is -2.21. The van der Waals surface area contributed by atoms with E-state index < -0.39 is 11.8 Å². The van der Waals surface area contributed by atoms with Gasteiger partial charge in [-0.15, -0.1) is 0 Å². The number of ether oxygens (including phenoxy) is 1. The van der Waals surface area contributed by atoms with Gasteiger partial charge in [-0.1, -0.05) is 58.4 Å². The summed E-state index contributed by atoms with van der Waals surface area (Å²) in [5, 5.41) is 11.1. The molecule has 5 nitrogen and oxygen atoms in total. The van der Waals surface area contributed by atoms with Gasteiger partial charge in [-0.25, -0.2) is 0 Å². The maximum Gasteiger partial charge on any atom is 0.310 e. The van der Waals surface area contributed by atoms with Crippen molar-refractivity contribution in [3.63, 3.8) is 0 Å². The van der Waals surface area contributed by atoms with E-state index in [1.165, 1.54) is 0 Å². The van der Waals surface area contributed by atoms with E-state index in [0.29, 0.717) is 6.42 Å². The van der Waals surface area contributed by atoms with Crippen molar-refractivity contribution >= 4 is 21.9 Å². The van der Waals surface area contributed by atoms with Gasteiger partial charge >= 0.3 is 5.97 Å². The van der Waals surface area contributed by atoms with Crippen LogP contribution in [0, 0.1) is 16.0 Å². The summed E-state index contributed by atoms with van der Waals surface area (Å²) >= 11 is 3.36. The third kappa shape index (κ3) is 3.64. The Morgan fingerprint density at radius 1 is 1.17 bits per heavy atom. The summed E-state index contributed by atoms with van der Waals surface area (Å²) < 4.78 is 6.39. The molecule has 6 heteroatoms. The number of hydrogen-bond acceptors (Lipinski definition) is 4. The monoisotopic (exact) mass is 389 g/mol. The molecule has 24 heavy (non-hydrogen) atoms. The summed E-state index contributed by atoms with van der Waals surface area (Å²) in [6.07, 6.45) is 0.116. The molecule has 1 aliphatic rings. The lowest BCUT2D eigenvalue weighted by Gasteiger charge is -2.17. The minimum Gasteiger partial charge on any atom is -0.457 e. The highest BCUT2D eigenvalue weighted by atomic mass is 79.9. The van der Waals surface area contributed by atoms with Crippen LogP contribution in [-0.2, 0) is 9.53 Å². The summed E-state index contributed by atoms with van der Waals surface area (Å²) in [4.78, 5) is 23.1. The molecule has 1 fully saturated rings. The van der Waals surface area contributed by atoms with Gasteiger partial charge in [-0.05, 0) is 23.3 Å². The van der Waals surface area contributed by atoms with Gasteiger partial charge in [0.05, 0.1) is 11.8 Å². The summed E-state index contributed by atoms with van der Waals surface area (Å²) in [6.45, 7) is -0.289. The Morgan fingerprint density at radius 3 is 2.46 bits per heavy atom. The van der Waals surface area contributed by atoms with E-state index in [2.05, 4.69) is 15.9 Å². The summed E-state index contributed by atoms with van der Waals surface area (Å²) in [5.74, 6) is -1.37. The van der Waals surface area contributed by atoms with E-state index in [4.69, 9.17) is 4.74 Å². The average molecular weight is 390 g/mol. The van der Waals surface area contributed by atoms with E-state index in [0.717, 1.165) is 15.6 Å². The molecule has 0 unspecified atom stereocenters. The van der Waals surface area contributed by atoms with E-state index in [-0.39, 0.29) is 23.5 Å². The van der Waals surface area contributed by atoms with Gasteiger partial charge in [0.15, 0.2) is 0 Å². The lowest BCUT2D eigenvalue weighted by Crippen LogP contribution is -2.24. The van der Waals surface area contributed by atoms with Gasteiger partial charge in [-0.3, -0.25) is 14.9 Å². The number of hydrogen-bond donors (Lipinski definition) is 0. The molecule has 124 valence electrons. The van der Waals surface area contributed by atoms with Crippen molar-refractivity contribution in [1.82, 2.24) is 0 Å². The van der Waals surface area contributed by atoms with Crippen LogP contribution in [0.4, 0.5) is 0 Å². The fraction of sp³-hybridized carbons (Fsp3) is 0.278. The molecule has 2 aromatic rings. The Kier molecular flexibility index (Phi) is 4.94. The summed E-state index contributed by atoms with van der Waals surface area (Å²) in [5.41, 5.74) is 1.70. The largest absolute Gasteiger partial charge is 0.457 e. The molecule has 0 spiro atoms. The topological polar surface area (TPSA) is 69.4 Å². The lowest BCUT2D eigenvalue weighted by atomic mass is 9.83. The van der Waals surface area contributed by atoms with Crippen molar-refractivity contribution in [2.24, 2.45) is 5.92 Å². The minimum atomic E-state index is -0.512. The first-order chi connectivity index (χ1) is 11.5. The van der Waals surface area contributed by atoms with Gasteiger partial charge in [0.25, 0.3) is 0 Å². The van der Waals surface area contributed by atoms with Crippen LogP contribution in [0.25, 0.3) is 0 Å². The molecule has 0 N–H and O–H groups in total. The van der Waals surface area contributed by atoms with Crippen LogP contribution in [0.2, 0.25) is 0 Å². The predicted molar refractivity (Wildman–Crippen MR) is 92.1 cm³/mol. The zero-order valence-corrected chi connectivity index (χ0v) is 14.4. The van der Waals surface area contributed by atoms with Gasteiger partial charge in [0.2, 0.25) is 6.54 Å². The standard InChI is InChI=1S/C18H16BrNO4/c19-14-8-6-12(7-9-14)16(11-20(22)23)15-10-17(24-18(15)21)13-4-2-1-3-5-13/h1-9,15-17H,10-11H2/t15-,16-,17+/m1/s1. The Morgan fingerprint density at radius 2 is 1.83 bits per heavy atom. The van der Waals surface area contributed by atoms with Crippen LogP contribution >= 0.6 is 15.9 Å². The van der Waals surface area contributed by atoms with Crippen molar-refractivity contribution in [1.29, 1.82) is 0 Å². The third-order valence-corrected chi connectivity index (χ3v) is 4.86. The van der Waals surface area contributed by atoms with Crippen LogP contribution in [-0.4, -0.2) is 17.4 Å². The molecular formula is C18H16BrNO4. The number of benzene rings is 2. The second-order valence-electron chi connectivity index (χ2n) is 5.85. The van der Waals surface area contributed by atoms with Crippen molar-refractivity contribution in [3.05, 3.63) is 80.3 Å². The molecule has 0 aromatic heterocycles. The maximum atomic E-state index is 12.4. The second kappa shape index (κ2) is 7.13. The second-order valence-corrected chi connectivity index (χ2v) is 6.77. The Labute approximate surface area is 147 Å². The van der Waals surface area contributed by atoms with Gasteiger partial charge in [-0.2, -0.15) is 0 Å². The predicted octanol–water partition coefficient (Wildman–Crippen LogP) is 4.11. The number of nitro groups is 1. The third-order valence-electron chi connectivity index (χ3n) is 4.33. The smallest absolute Gasteiger partial charge is 0.310 e. The maximum absolute atomic E-state index is 12.4. The molecule has 1 aliphatic heterocycles. The molecular weight excluding hydrogens is 374 g/mol. The first kappa shape index (κ1) is 16.6. The zero-order valence-electron chi connectivity index (χ0n) is 12.8. The molecule has 3 atom stereocenters. The number of cyclic esters (lactones) is 1. The fourth-order valence-electron chi connectivity index (χ4n) is 3.14. The molecule has 1 saturated heterocycles. The molecule has 0 amide bonds. The number of halogens is 1. The van der Waals surface area contributed by atoms with Crippen molar-refractivity contribution in [3.8, 4) is 0 Å². The molecule has 0 radical (unpaired) electrons. The van der Waals surface area contributed by atoms with Crippen LogP contribution in [0.3, 0.4) is 0 Å². The molecule has 0 aliphatic carbocycles. The van der Waals surface area contributed by atoms with E-state index >= 15 is 0 Å². The number of esters is 1. The quantitative estimate of drug-likeness (QED) is 0.438. The molecule has 0 saturated carbocycles. The fourth-order valence-corrected chi connectivity index (χ4v) is 3.40. The van der Waals surface area contributed by atoms with Crippen molar-refractivity contribution < 1.29 is 14.5 Å². The zero-order chi connectivity index (χ0) is 17.1. The average Bonchev–Trinajstić information content (AvgIpc) is 2.96. The Balaban J connectivity index is 1.86. The normalized spacial score (nSPS) is 21.3. The highest BCUT2D eigenvalue weighted by Gasteiger charge is 2.42. The number of carbonyl (C=O) groups is 1. The first-order valence-electron chi connectivity index (χ1n) is 7.67. The highest BCUT2D eigenvalue weighted by Crippen LogP contribution is 2.41. The SMILES string of the molecule is O=C1O[C@H](c2ccccc2)C[C@@H]1[C@H](C[N+](=O)[O-])c1ccc(Br)cc1. The summed E-state index contributed by atoms with van der Waals surface area (Å²) in [6, 6.07) is 16.8. The van der Waals surface area contributed by atoms with Crippen LogP contribution in [0.5, 0.6) is 0 Å². The van der Waals surface area contributed by atoms with Crippen molar-refractivity contribution in [2.75, 3.05) is 6.54 Å². The molecule has 2 aromatic carbocycles. The van der Waals surface area contributed by atoms with E-state index in [9.17, 15) is 14.9 Å². The van der Waals surface area contributed by atoms with Crippen LogP contribution < -0.4 is 0 Å². The van der Waals surface area contributed by atoms with E-state index in [1.54, 1.807) is 0 Å². The lowest BCUT2D eigenvalue weighted by molar-refractivity contribution is -0.484. The van der Waals surface area contributed by atoms with Crippen molar-refractivity contribution in [2.45, 2.75) is 18.4 Å². The van der Waals surface area contributed by atoms with Gasteiger partial charge in [0.1, 0.15) is 6.10 Å². The van der Waals surface area contributed by atoms with Crippen LogP contribution in [0.1, 0.15) is 29.6 Å². The number of nitrogens with zero attached hydrogens (tertiary/aromatic N) is 1. The minimum absolute atomic E-state index is 0.289. The Bertz CT molecular complexity index is 732. The van der Waals surface area contributed by atoms with Crippen LogP contribution in [0.15, 0.2) is 59.1 Å². The first-order valence-corrected chi connectivity index (χ1v) is 8.46. The summed E-state index contributed by atoms with van der Waals surface area (Å²) in [7, 11) is 0.